The van der Waals surface area contributed by atoms with Crippen LogP contribution in [0.25, 0.3) is 0 Å². The van der Waals surface area contributed by atoms with E-state index in [4.69, 9.17) is 5.10 Å². The second-order valence-electron chi connectivity index (χ2n) is 10.6. The fraction of sp³-hybridized carbons (Fsp3) is 0.333. The number of hydrogen-bond acceptors (Lipinski definition) is 3. The number of carbonyl (C=O) groups excluding carboxylic acids is 1. The van der Waals surface area contributed by atoms with E-state index in [0.29, 0.717) is 19.4 Å². The predicted molar refractivity (Wildman–Crippen MR) is 153 cm³/mol. The largest absolute Gasteiger partial charge is 0.416 e. The Kier molecular flexibility index (Phi) is 8.59. The summed E-state index contributed by atoms with van der Waals surface area (Å²) in [7, 11) is 1.65. The van der Waals surface area contributed by atoms with E-state index in [1.807, 2.05) is 55.5 Å². The Balaban J connectivity index is 1.48. The number of nitrogens with zero attached hydrogens (tertiary/aromatic N) is 3. The lowest BCUT2D eigenvalue weighted by molar-refractivity contribution is -0.137. The van der Waals surface area contributed by atoms with E-state index in [1.54, 1.807) is 19.2 Å². The summed E-state index contributed by atoms with van der Waals surface area (Å²) in [6.45, 7) is 3.43. The molecule has 8 heteroatoms. The molecule has 0 bridgehead atoms. The van der Waals surface area contributed by atoms with Crippen molar-refractivity contribution in [3.8, 4) is 0 Å². The number of alkyl halides is 3. The molecule has 41 heavy (non-hydrogen) atoms. The van der Waals surface area contributed by atoms with Crippen LogP contribution in [0.4, 0.5) is 13.2 Å². The molecule has 0 saturated heterocycles. The number of benzene rings is 3. The Morgan fingerprint density at radius 1 is 0.951 bits per heavy atom. The van der Waals surface area contributed by atoms with Crippen LogP contribution in [0.3, 0.4) is 0 Å². The minimum absolute atomic E-state index is 0.0895. The minimum Gasteiger partial charge on any atom is -0.358 e. The van der Waals surface area contributed by atoms with E-state index >= 15 is 0 Å². The highest BCUT2D eigenvalue weighted by Crippen LogP contribution is 2.41. The summed E-state index contributed by atoms with van der Waals surface area (Å²) < 4.78 is 41.5. The molecule has 0 radical (unpaired) electrons. The molecule has 0 saturated carbocycles. The molecule has 1 aliphatic heterocycles. The monoisotopic (exact) mass is 560 g/mol. The second kappa shape index (κ2) is 12.3. The molecule has 214 valence electrons. The van der Waals surface area contributed by atoms with Crippen molar-refractivity contribution in [2.45, 2.75) is 57.4 Å². The maximum atomic E-state index is 13.3. The summed E-state index contributed by atoms with van der Waals surface area (Å²) in [4.78, 5) is 15.6. The first-order valence-corrected chi connectivity index (χ1v) is 14.0. The van der Waals surface area contributed by atoms with Crippen molar-refractivity contribution in [3.05, 3.63) is 124 Å². The van der Waals surface area contributed by atoms with Gasteiger partial charge in [-0.1, -0.05) is 72.8 Å². The topological polar surface area (TPSA) is 50.2 Å². The zero-order valence-electron chi connectivity index (χ0n) is 23.4. The molecule has 5 nitrogen and oxygen atoms in total. The van der Waals surface area contributed by atoms with Crippen LogP contribution in [0, 0.1) is 6.92 Å². The highest BCUT2D eigenvalue weighted by Gasteiger charge is 2.39. The van der Waals surface area contributed by atoms with Crippen LogP contribution in [0.2, 0.25) is 0 Å². The van der Waals surface area contributed by atoms with Gasteiger partial charge in [-0.2, -0.15) is 18.3 Å². The molecule has 0 fully saturated rings. The van der Waals surface area contributed by atoms with Crippen LogP contribution in [0.15, 0.2) is 84.9 Å². The van der Waals surface area contributed by atoms with Crippen LogP contribution in [0.5, 0.6) is 0 Å². The lowest BCUT2D eigenvalue weighted by Crippen LogP contribution is -2.45. The minimum atomic E-state index is -4.37. The van der Waals surface area contributed by atoms with Crippen molar-refractivity contribution >= 4 is 5.91 Å². The van der Waals surface area contributed by atoms with E-state index in [0.717, 1.165) is 53.9 Å². The molecule has 4 aromatic rings. The van der Waals surface area contributed by atoms with Gasteiger partial charge in [0.1, 0.15) is 6.04 Å². The Hall–Kier alpha value is -3.91. The van der Waals surface area contributed by atoms with Gasteiger partial charge in [0.15, 0.2) is 0 Å². The van der Waals surface area contributed by atoms with Crippen molar-refractivity contribution in [2.24, 2.45) is 0 Å². The van der Waals surface area contributed by atoms with Crippen LogP contribution < -0.4 is 5.32 Å². The number of aromatic nitrogens is 2. The standard InChI is InChI=1S/C33H35F3N4O/c1-23-30-28(18-15-25-13-16-27(17-14-25)33(34,35)36)39(31(32(41)37-2)26-11-7-4-8-12-26)21-20-29(30)40(38-23)22-19-24-9-5-3-6-10-24/h3-14,16-17,28,31H,15,18-22H2,1-2H3,(H,37,41). The van der Waals surface area contributed by atoms with Crippen LogP contribution in [0.1, 0.15) is 57.7 Å². The number of rotatable bonds is 9. The van der Waals surface area contributed by atoms with Crippen LogP contribution in [-0.4, -0.2) is 34.2 Å². The van der Waals surface area contributed by atoms with Crippen LogP contribution in [-0.2, 0) is 36.8 Å². The molecule has 5 rings (SSSR count). The van der Waals surface area contributed by atoms with Crippen molar-refractivity contribution in [3.63, 3.8) is 0 Å². The number of aryl methyl sites for hydroxylation is 4. The zero-order chi connectivity index (χ0) is 29.0. The summed E-state index contributed by atoms with van der Waals surface area (Å²) in [5.74, 6) is -0.0895. The van der Waals surface area contributed by atoms with Gasteiger partial charge in [0, 0.05) is 43.9 Å². The maximum absolute atomic E-state index is 13.3. The maximum Gasteiger partial charge on any atom is 0.416 e. The molecule has 1 N–H and O–H groups in total. The van der Waals surface area contributed by atoms with Gasteiger partial charge < -0.3 is 5.32 Å². The van der Waals surface area contributed by atoms with E-state index in [-0.39, 0.29) is 11.9 Å². The van der Waals surface area contributed by atoms with Gasteiger partial charge in [0.25, 0.3) is 0 Å². The van der Waals surface area contributed by atoms with Crippen molar-refractivity contribution in [1.82, 2.24) is 20.0 Å². The number of fused-ring (bicyclic) bond motifs is 1. The molecule has 1 aliphatic rings. The SMILES string of the molecule is CNC(=O)C(c1ccccc1)N1CCc2c(c(C)nn2CCc2ccccc2)C1CCc1ccc(C(F)(F)F)cc1. The lowest BCUT2D eigenvalue weighted by atomic mass is 9.88. The summed E-state index contributed by atoms with van der Waals surface area (Å²) in [6, 6.07) is 24.8. The van der Waals surface area contributed by atoms with E-state index in [2.05, 4.69) is 27.0 Å². The van der Waals surface area contributed by atoms with Crippen molar-refractivity contribution < 1.29 is 18.0 Å². The average Bonchev–Trinajstić information content (AvgIpc) is 3.31. The molecule has 3 aromatic carbocycles. The average molecular weight is 561 g/mol. The molecule has 1 aromatic heterocycles. The fourth-order valence-electron chi connectivity index (χ4n) is 6.01. The lowest BCUT2D eigenvalue weighted by Gasteiger charge is -2.41. The van der Waals surface area contributed by atoms with E-state index in [9.17, 15) is 18.0 Å². The van der Waals surface area contributed by atoms with Gasteiger partial charge in [-0.15, -0.1) is 0 Å². The van der Waals surface area contributed by atoms with Crippen LogP contribution >= 0.6 is 0 Å². The molecule has 1 amide bonds. The molecule has 2 atom stereocenters. The first-order chi connectivity index (χ1) is 19.8. The van der Waals surface area contributed by atoms with Gasteiger partial charge in [-0.05, 0) is 55.0 Å². The Bertz CT molecular complexity index is 1450. The normalized spacial score (nSPS) is 16.3. The summed E-state index contributed by atoms with van der Waals surface area (Å²) in [5, 5.41) is 7.80. The zero-order valence-corrected chi connectivity index (χ0v) is 23.4. The fourth-order valence-corrected chi connectivity index (χ4v) is 6.01. The molecule has 0 spiro atoms. The molecule has 2 heterocycles. The third-order valence-corrected chi connectivity index (χ3v) is 8.01. The van der Waals surface area contributed by atoms with Crippen molar-refractivity contribution in [2.75, 3.05) is 13.6 Å². The molecule has 0 aliphatic carbocycles. The van der Waals surface area contributed by atoms with E-state index < -0.39 is 17.8 Å². The number of hydrogen-bond donors (Lipinski definition) is 1. The van der Waals surface area contributed by atoms with Gasteiger partial charge in [0.2, 0.25) is 5.91 Å². The number of carbonyl (C=O) groups is 1. The molecular formula is C33H35F3N4O. The second-order valence-corrected chi connectivity index (χ2v) is 10.6. The Labute approximate surface area is 239 Å². The number of nitrogens with one attached hydrogen (secondary N) is 1. The smallest absolute Gasteiger partial charge is 0.358 e. The summed E-state index contributed by atoms with van der Waals surface area (Å²) >= 11 is 0. The Morgan fingerprint density at radius 2 is 1.59 bits per heavy atom. The number of halogens is 3. The Morgan fingerprint density at radius 3 is 2.22 bits per heavy atom. The van der Waals surface area contributed by atoms with Crippen molar-refractivity contribution in [1.29, 1.82) is 0 Å². The van der Waals surface area contributed by atoms with E-state index in [1.165, 1.54) is 11.3 Å². The highest BCUT2D eigenvalue weighted by atomic mass is 19.4. The van der Waals surface area contributed by atoms with Gasteiger partial charge in [0.05, 0.1) is 11.3 Å². The molecule has 2 unspecified atom stereocenters. The van der Waals surface area contributed by atoms with Gasteiger partial charge in [-0.3, -0.25) is 14.4 Å². The number of amides is 1. The predicted octanol–water partition coefficient (Wildman–Crippen LogP) is 6.47. The number of likely N-dealkylation sites (N-methyl/N-ethyl adjacent to an activating group) is 1. The first-order valence-electron chi connectivity index (χ1n) is 14.0. The van der Waals surface area contributed by atoms with Gasteiger partial charge >= 0.3 is 6.18 Å². The third-order valence-electron chi connectivity index (χ3n) is 8.01. The highest BCUT2D eigenvalue weighted by molar-refractivity contribution is 5.83. The summed E-state index contributed by atoms with van der Waals surface area (Å²) in [6.07, 6.45) is -1.54. The third kappa shape index (κ3) is 6.38. The molecular weight excluding hydrogens is 525 g/mol. The first kappa shape index (κ1) is 28.6. The quantitative estimate of drug-likeness (QED) is 0.255. The van der Waals surface area contributed by atoms with Gasteiger partial charge in [-0.25, -0.2) is 0 Å². The summed E-state index contributed by atoms with van der Waals surface area (Å²) in [5.41, 5.74) is 5.56.